The lowest BCUT2D eigenvalue weighted by Crippen LogP contribution is -2.20. The monoisotopic (exact) mass is 287 g/mol. The van der Waals surface area contributed by atoms with Gasteiger partial charge in [-0.15, -0.1) is 0 Å². The summed E-state index contributed by atoms with van der Waals surface area (Å²) < 4.78 is 12.9. The van der Waals surface area contributed by atoms with Gasteiger partial charge in [0.2, 0.25) is 5.95 Å². The molecule has 0 fully saturated rings. The van der Waals surface area contributed by atoms with Crippen molar-refractivity contribution in [3.63, 3.8) is 0 Å². The highest BCUT2D eigenvalue weighted by Crippen LogP contribution is 2.23. The third-order valence-electron chi connectivity index (χ3n) is 3.11. The zero-order chi connectivity index (χ0) is 14.8. The van der Waals surface area contributed by atoms with Crippen molar-refractivity contribution in [2.24, 2.45) is 5.84 Å². The average molecular weight is 287 g/mol. The molecule has 21 heavy (non-hydrogen) atoms. The van der Waals surface area contributed by atoms with Crippen LogP contribution in [0.15, 0.2) is 30.5 Å². The molecule has 3 aromatic rings. The van der Waals surface area contributed by atoms with Gasteiger partial charge in [-0.05, 0) is 17.7 Å². The molecule has 0 saturated heterocycles. The Morgan fingerprint density at radius 1 is 1.29 bits per heavy atom. The van der Waals surface area contributed by atoms with Gasteiger partial charge in [-0.1, -0.05) is 12.1 Å². The van der Waals surface area contributed by atoms with E-state index in [4.69, 9.17) is 5.84 Å². The van der Waals surface area contributed by atoms with E-state index in [1.165, 1.54) is 12.1 Å². The summed E-state index contributed by atoms with van der Waals surface area (Å²) in [6.07, 6.45) is 1.66. The van der Waals surface area contributed by atoms with Gasteiger partial charge in [0, 0.05) is 13.6 Å². The van der Waals surface area contributed by atoms with E-state index in [1.54, 1.807) is 18.3 Å². The molecule has 8 heteroatoms. The number of benzene rings is 1. The van der Waals surface area contributed by atoms with Crippen molar-refractivity contribution >= 4 is 22.8 Å². The third-order valence-corrected chi connectivity index (χ3v) is 3.11. The number of hydrogen-bond donors (Lipinski definition) is 3. The number of nitrogens with zero attached hydrogens (tertiary/aromatic N) is 4. The van der Waals surface area contributed by atoms with Gasteiger partial charge in [0.25, 0.3) is 0 Å². The summed E-state index contributed by atoms with van der Waals surface area (Å²) in [5, 5.41) is 7.54. The number of H-pyrrole nitrogens is 1. The Labute approximate surface area is 120 Å². The Balaban J connectivity index is 1.94. The molecule has 4 N–H and O–H groups in total. The Kier molecular flexibility index (Phi) is 3.36. The van der Waals surface area contributed by atoms with E-state index in [0.29, 0.717) is 24.0 Å². The Hall–Kier alpha value is -2.74. The Bertz CT molecular complexity index is 753. The topological polar surface area (TPSA) is 95.8 Å². The van der Waals surface area contributed by atoms with Crippen LogP contribution in [0.2, 0.25) is 0 Å². The first-order chi connectivity index (χ1) is 10.2. The van der Waals surface area contributed by atoms with Crippen LogP contribution in [-0.2, 0) is 6.54 Å². The number of aromatic nitrogens is 4. The highest BCUT2D eigenvalue weighted by Gasteiger charge is 2.13. The van der Waals surface area contributed by atoms with Crippen LogP contribution < -0.4 is 16.2 Å². The summed E-state index contributed by atoms with van der Waals surface area (Å²) in [4.78, 5) is 10.4. The fourth-order valence-corrected chi connectivity index (χ4v) is 2.11. The van der Waals surface area contributed by atoms with Gasteiger partial charge >= 0.3 is 0 Å². The molecule has 2 aromatic heterocycles. The SMILES string of the molecule is CN(Cc1ccc(F)cc1)c1nc(NN)nc2[nH]ncc12. The molecule has 0 unspecified atom stereocenters. The van der Waals surface area contributed by atoms with Gasteiger partial charge < -0.3 is 4.90 Å². The molecule has 0 radical (unpaired) electrons. The quantitative estimate of drug-likeness (QED) is 0.496. The molecule has 0 atom stereocenters. The lowest BCUT2D eigenvalue weighted by Gasteiger charge is -2.19. The predicted molar refractivity (Wildman–Crippen MR) is 78.0 cm³/mol. The van der Waals surface area contributed by atoms with E-state index in [2.05, 4.69) is 25.6 Å². The van der Waals surface area contributed by atoms with Crippen LogP contribution in [-0.4, -0.2) is 27.2 Å². The van der Waals surface area contributed by atoms with E-state index >= 15 is 0 Å². The van der Waals surface area contributed by atoms with Crippen LogP contribution in [0.1, 0.15) is 5.56 Å². The lowest BCUT2D eigenvalue weighted by molar-refractivity contribution is 0.627. The summed E-state index contributed by atoms with van der Waals surface area (Å²) in [6, 6.07) is 6.34. The second-order valence-electron chi connectivity index (χ2n) is 4.63. The van der Waals surface area contributed by atoms with E-state index < -0.39 is 0 Å². The largest absolute Gasteiger partial charge is 0.355 e. The molecule has 7 nitrogen and oxygen atoms in total. The van der Waals surface area contributed by atoms with Crippen LogP contribution in [0.4, 0.5) is 16.2 Å². The minimum Gasteiger partial charge on any atom is -0.355 e. The smallest absolute Gasteiger partial charge is 0.241 e. The minimum atomic E-state index is -0.254. The van der Waals surface area contributed by atoms with Gasteiger partial charge in [-0.3, -0.25) is 10.5 Å². The highest BCUT2D eigenvalue weighted by atomic mass is 19.1. The number of nitrogen functional groups attached to an aromatic ring is 1. The van der Waals surface area contributed by atoms with Crippen molar-refractivity contribution in [1.82, 2.24) is 20.2 Å². The Morgan fingerprint density at radius 2 is 2.05 bits per heavy atom. The first kappa shape index (κ1) is 13.3. The molecule has 0 spiro atoms. The average Bonchev–Trinajstić information content (AvgIpc) is 2.96. The molecule has 0 amide bonds. The van der Waals surface area contributed by atoms with Gasteiger partial charge in [-0.25, -0.2) is 10.2 Å². The van der Waals surface area contributed by atoms with E-state index in [0.717, 1.165) is 10.9 Å². The fourth-order valence-electron chi connectivity index (χ4n) is 2.11. The number of rotatable bonds is 4. The first-order valence-electron chi connectivity index (χ1n) is 6.30. The van der Waals surface area contributed by atoms with Crippen LogP contribution in [0, 0.1) is 5.82 Å². The molecule has 108 valence electrons. The first-order valence-corrected chi connectivity index (χ1v) is 6.30. The molecule has 0 aliphatic rings. The molecule has 2 heterocycles. The molecule has 0 aliphatic carbocycles. The zero-order valence-corrected chi connectivity index (χ0v) is 11.3. The van der Waals surface area contributed by atoms with Gasteiger partial charge in [-0.2, -0.15) is 15.1 Å². The maximum absolute atomic E-state index is 12.9. The second kappa shape index (κ2) is 5.33. The number of hydrogen-bond acceptors (Lipinski definition) is 6. The number of fused-ring (bicyclic) bond motifs is 1. The van der Waals surface area contributed by atoms with E-state index in [9.17, 15) is 4.39 Å². The number of hydrazine groups is 1. The number of anilines is 2. The summed E-state index contributed by atoms with van der Waals surface area (Å²) in [7, 11) is 1.89. The van der Waals surface area contributed by atoms with Crippen molar-refractivity contribution in [3.8, 4) is 0 Å². The van der Waals surface area contributed by atoms with Crippen molar-refractivity contribution in [3.05, 3.63) is 41.8 Å². The predicted octanol–water partition coefficient (Wildman–Crippen LogP) is 1.41. The Morgan fingerprint density at radius 3 is 2.76 bits per heavy atom. The van der Waals surface area contributed by atoms with Crippen LogP contribution in [0.3, 0.4) is 0 Å². The zero-order valence-electron chi connectivity index (χ0n) is 11.3. The number of aromatic amines is 1. The van der Waals surface area contributed by atoms with Crippen LogP contribution in [0.25, 0.3) is 11.0 Å². The van der Waals surface area contributed by atoms with Crippen molar-refractivity contribution in [1.29, 1.82) is 0 Å². The number of halogens is 1. The third kappa shape index (κ3) is 2.61. The molecule has 0 bridgehead atoms. The van der Waals surface area contributed by atoms with E-state index in [1.807, 2.05) is 11.9 Å². The van der Waals surface area contributed by atoms with Crippen molar-refractivity contribution < 1.29 is 4.39 Å². The maximum atomic E-state index is 12.9. The summed E-state index contributed by atoms with van der Waals surface area (Å²) in [5.74, 6) is 6.11. The minimum absolute atomic E-state index is 0.254. The van der Waals surface area contributed by atoms with Crippen LogP contribution in [0.5, 0.6) is 0 Å². The van der Waals surface area contributed by atoms with Crippen LogP contribution >= 0.6 is 0 Å². The molecule has 0 saturated carbocycles. The van der Waals surface area contributed by atoms with E-state index in [-0.39, 0.29) is 5.82 Å². The normalized spacial score (nSPS) is 10.8. The summed E-state index contributed by atoms with van der Waals surface area (Å²) >= 11 is 0. The summed E-state index contributed by atoms with van der Waals surface area (Å²) in [6.45, 7) is 0.571. The van der Waals surface area contributed by atoms with Gasteiger partial charge in [0.1, 0.15) is 11.6 Å². The molecule has 3 rings (SSSR count). The highest BCUT2D eigenvalue weighted by molar-refractivity contribution is 5.87. The second-order valence-corrected chi connectivity index (χ2v) is 4.63. The number of nitrogens with two attached hydrogens (primary N) is 1. The standard InChI is InChI=1S/C13H14FN7/c1-21(7-8-2-4-9(14)5-3-8)12-10-6-16-20-11(10)17-13(18-12)19-15/h2-6H,7,15H2,1H3,(H2,16,17,18,19,20). The van der Waals surface area contributed by atoms with Crippen molar-refractivity contribution in [2.75, 3.05) is 17.4 Å². The van der Waals surface area contributed by atoms with Gasteiger partial charge in [0.15, 0.2) is 5.65 Å². The molecular weight excluding hydrogens is 273 g/mol. The molecule has 1 aromatic carbocycles. The number of nitrogens with one attached hydrogen (secondary N) is 2. The lowest BCUT2D eigenvalue weighted by atomic mass is 10.2. The summed E-state index contributed by atoms with van der Waals surface area (Å²) in [5.41, 5.74) is 3.99. The molecule has 0 aliphatic heterocycles. The maximum Gasteiger partial charge on any atom is 0.241 e. The molecular formula is C13H14FN7. The fraction of sp³-hybridized carbons (Fsp3) is 0.154. The van der Waals surface area contributed by atoms with Crippen molar-refractivity contribution in [2.45, 2.75) is 6.54 Å². The van der Waals surface area contributed by atoms with Gasteiger partial charge in [0.05, 0.1) is 11.6 Å².